The number of rotatable bonds is 4. The fourth-order valence-electron chi connectivity index (χ4n) is 3.30. The number of nitrogens with two attached hydrogens (primary N) is 1. The quantitative estimate of drug-likeness (QED) is 0.873. The van der Waals surface area contributed by atoms with Crippen molar-refractivity contribution >= 4 is 6.09 Å². The van der Waals surface area contributed by atoms with E-state index in [4.69, 9.17) is 5.73 Å². The Hall–Kier alpha value is -1.83. The van der Waals surface area contributed by atoms with E-state index in [0.29, 0.717) is 25.8 Å². The van der Waals surface area contributed by atoms with Crippen LogP contribution in [0.25, 0.3) is 0 Å². The predicted molar refractivity (Wildman–Crippen MR) is 82.3 cm³/mol. The van der Waals surface area contributed by atoms with Crippen LogP contribution in [0.15, 0.2) is 18.2 Å². The van der Waals surface area contributed by atoms with Gasteiger partial charge in [0.05, 0.1) is 5.69 Å². The van der Waals surface area contributed by atoms with Crippen LogP contribution in [0, 0.1) is 5.92 Å². The number of alkyl halides is 3. The molecule has 1 unspecified atom stereocenters. The van der Waals surface area contributed by atoms with Gasteiger partial charge in [0, 0.05) is 18.1 Å². The first kappa shape index (κ1) is 18.5. The Kier molecular flexibility index (Phi) is 5.08. The minimum Gasteiger partial charge on any atom is -0.465 e. The summed E-state index contributed by atoms with van der Waals surface area (Å²) in [6.45, 7) is 4.16. The monoisotopic (exact) mass is 345 g/mol. The van der Waals surface area contributed by atoms with Crippen molar-refractivity contribution < 1.29 is 23.1 Å². The van der Waals surface area contributed by atoms with E-state index in [2.05, 4.69) is 4.98 Å². The zero-order chi connectivity index (χ0) is 18.1. The van der Waals surface area contributed by atoms with Crippen LogP contribution in [0.1, 0.15) is 50.5 Å². The second-order valence-electron chi connectivity index (χ2n) is 6.91. The molecule has 1 aliphatic heterocycles. The highest BCUT2D eigenvalue weighted by atomic mass is 19.4. The normalized spacial score (nSPS) is 21.8. The molecule has 1 amide bonds. The van der Waals surface area contributed by atoms with E-state index in [1.165, 1.54) is 17.0 Å². The molecule has 1 fully saturated rings. The smallest absolute Gasteiger partial charge is 0.433 e. The molecular formula is C16H22F3N3O2. The van der Waals surface area contributed by atoms with Crippen LogP contribution in [0.3, 0.4) is 0 Å². The predicted octanol–water partition coefficient (Wildman–Crippen LogP) is 3.66. The van der Waals surface area contributed by atoms with E-state index in [9.17, 15) is 23.1 Å². The lowest BCUT2D eigenvalue weighted by Gasteiger charge is -2.28. The standard InChI is InChI=1S/C16H22F3N3O2/c1-15(2)8-10(9-22(15)14(23)24)6-7-11(20)12-4-3-5-13(21-12)16(17,18)19/h3-5,10-11H,6-9,20H2,1-2H3,(H,23,24)/t10-,11?/m0/s1. The van der Waals surface area contributed by atoms with Crippen LogP contribution in [0.2, 0.25) is 0 Å². The second-order valence-corrected chi connectivity index (χ2v) is 6.91. The summed E-state index contributed by atoms with van der Waals surface area (Å²) in [5.74, 6) is 0.146. The lowest BCUT2D eigenvalue weighted by atomic mass is 9.91. The minimum atomic E-state index is -4.49. The van der Waals surface area contributed by atoms with Crippen molar-refractivity contribution in [2.75, 3.05) is 6.54 Å². The van der Waals surface area contributed by atoms with Crippen molar-refractivity contribution in [2.24, 2.45) is 11.7 Å². The Morgan fingerprint density at radius 1 is 1.50 bits per heavy atom. The maximum absolute atomic E-state index is 12.7. The topological polar surface area (TPSA) is 79.5 Å². The molecule has 1 aliphatic rings. The van der Waals surface area contributed by atoms with Gasteiger partial charge in [-0.1, -0.05) is 6.07 Å². The molecule has 0 aliphatic carbocycles. The van der Waals surface area contributed by atoms with Crippen molar-refractivity contribution in [1.29, 1.82) is 0 Å². The molecule has 0 bridgehead atoms. The third kappa shape index (κ3) is 4.17. The summed E-state index contributed by atoms with van der Waals surface area (Å²) >= 11 is 0. The number of carboxylic acid groups (broad SMARTS) is 1. The van der Waals surface area contributed by atoms with Gasteiger partial charge in [0.15, 0.2) is 0 Å². The van der Waals surface area contributed by atoms with Gasteiger partial charge in [-0.3, -0.25) is 0 Å². The van der Waals surface area contributed by atoms with Gasteiger partial charge in [-0.2, -0.15) is 13.2 Å². The van der Waals surface area contributed by atoms with Gasteiger partial charge >= 0.3 is 12.3 Å². The molecule has 5 nitrogen and oxygen atoms in total. The van der Waals surface area contributed by atoms with Gasteiger partial charge in [0.2, 0.25) is 0 Å². The SMILES string of the molecule is CC1(C)C[C@H](CCC(N)c2cccc(C(F)(F)F)n2)CN1C(=O)O. The Bertz CT molecular complexity index is 604. The second kappa shape index (κ2) is 6.58. The molecule has 24 heavy (non-hydrogen) atoms. The Balaban J connectivity index is 1.97. The van der Waals surface area contributed by atoms with Crippen LogP contribution in [-0.2, 0) is 6.18 Å². The summed E-state index contributed by atoms with van der Waals surface area (Å²) in [6.07, 6.45) is -3.63. The maximum atomic E-state index is 12.7. The van der Waals surface area contributed by atoms with Gasteiger partial charge in [0.25, 0.3) is 0 Å². The number of nitrogens with zero attached hydrogens (tertiary/aromatic N) is 2. The zero-order valence-electron chi connectivity index (χ0n) is 13.7. The van der Waals surface area contributed by atoms with Crippen LogP contribution in [0.5, 0.6) is 0 Å². The highest BCUT2D eigenvalue weighted by Gasteiger charge is 2.41. The van der Waals surface area contributed by atoms with E-state index in [1.54, 1.807) is 0 Å². The lowest BCUT2D eigenvalue weighted by molar-refractivity contribution is -0.141. The molecular weight excluding hydrogens is 323 g/mol. The first-order valence-corrected chi connectivity index (χ1v) is 7.81. The number of aromatic nitrogens is 1. The number of halogens is 3. The number of hydrogen-bond acceptors (Lipinski definition) is 3. The fourth-order valence-corrected chi connectivity index (χ4v) is 3.30. The summed E-state index contributed by atoms with van der Waals surface area (Å²) in [7, 11) is 0. The molecule has 1 aromatic rings. The summed E-state index contributed by atoms with van der Waals surface area (Å²) in [5, 5.41) is 9.21. The number of likely N-dealkylation sites (tertiary alicyclic amines) is 1. The van der Waals surface area contributed by atoms with E-state index in [1.807, 2.05) is 13.8 Å². The average Bonchev–Trinajstić information content (AvgIpc) is 2.79. The Morgan fingerprint density at radius 3 is 2.71 bits per heavy atom. The summed E-state index contributed by atoms with van der Waals surface area (Å²) in [6, 6.07) is 3.10. The van der Waals surface area contributed by atoms with Gasteiger partial charge < -0.3 is 15.7 Å². The maximum Gasteiger partial charge on any atom is 0.433 e. The van der Waals surface area contributed by atoms with Crippen molar-refractivity contribution in [3.05, 3.63) is 29.6 Å². The minimum absolute atomic E-state index is 0.146. The molecule has 1 aromatic heterocycles. The van der Waals surface area contributed by atoms with E-state index in [0.717, 1.165) is 6.07 Å². The van der Waals surface area contributed by atoms with Gasteiger partial charge in [0.1, 0.15) is 5.69 Å². The first-order chi connectivity index (χ1) is 11.0. The fraction of sp³-hybridized carbons (Fsp3) is 0.625. The third-order valence-electron chi connectivity index (χ3n) is 4.52. The van der Waals surface area contributed by atoms with Crippen LogP contribution >= 0.6 is 0 Å². The highest BCUT2D eigenvalue weighted by molar-refractivity contribution is 5.66. The summed E-state index contributed by atoms with van der Waals surface area (Å²) in [5.41, 5.74) is 4.81. The largest absolute Gasteiger partial charge is 0.465 e. The molecule has 0 aromatic carbocycles. The lowest BCUT2D eigenvalue weighted by Crippen LogP contribution is -2.41. The molecule has 3 N–H and O–H groups in total. The number of pyridine rings is 1. The molecule has 2 atom stereocenters. The number of hydrogen-bond donors (Lipinski definition) is 2. The molecule has 8 heteroatoms. The Labute approximate surface area is 138 Å². The van der Waals surface area contributed by atoms with E-state index >= 15 is 0 Å². The van der Waals surface area contributed by atoms with Crippen molar-refractivity contribution in [3.8, 4) is 0 Å². The van der Waals surface area contributed by atoms with Crippen molar-refractivity contribution in [2.45, 2.75) is 50.9 Å². The molecule has 2 rings (SSSR count). The van der Waals surface area contributed by atoms with Gasteiger partial charge in [-0.05, 0) is 51.2 Å². The Morgan fingerprint density at radius 2 is 2.17 bits per heavy atom. The number of amides is 1. The molecule has 0 saturated carbocycles. The van der Waals surface area contributed by atoms with E-state index in [-0.39, 0.29) is 11.6 Å². The summed E-state index contributed by atoms with van der Waals surface area (Å²) in [4.78, 5) is 16.3. The van der Waals surface area contributed by atoms with Crippen LogP contribution in [0.4, 0.5) is 18.0 Å². The molecule has 0 spiro atoms. The highest BCUT2D eigenvalue weighted by Crippen LogP contribution is 2.36. The van der Waals surface area contributed by atoms with Crippen molar-refractivity contribution in [3.63, 3.8) is 0 Å². The zero-order valence-corrected chi connectivity index (χ0v) is 13.7. The van der Waals surface area contributed by atoms with Crippen molar-refractivity contribution in [1.82, 2.24) is 9.88 Å². The summed E-state index contributed by atoms with van der Waals surface area (Å²) < 4.78 is 38.1. The van der Waals surface area contributed by atoms with E-state index < -0.39 is 29.5 Å². The third-order valence-corrected chi connectivity index (χ3v) is 4.52. The van der Waals surface area contributed by atoms with Gasteiger partial charge in [-0.25, -0.2) is 9.78 Å². The number of carbonyl (C=O) groups is 1. The van der Waals surface area contributed by atoms with Crippen LogP contribution < -0.4 is 5.73 Å². The first-order valence-electron chi connectivity index (χ1n) is 7.81. The molecule has 1 saturated heterocycles. The molecule has 2 heterocycles. The average molecular weight is 345 g/mol. The van der Waals surface area contributed by atoms with Gasteiger partial charge in [-0.15, -0.1) is 0 Å². The van der Waals surface area contributed by atoms with Crippen LogP contribution in [-0.4, -0.2) is 33.2 Å². The molecule has 134 valence electrons. The molecule has 0 radical (unpaired) electrons.